The first-order valence-electron chi connectivity index (χ1n) is 5.18. The van der Waals surface area contributed by atoms with Gasteiger partial charge in [-0.3, -0.25) is 0 Å². The lowest BCUT2D eigenvalue weighted by molar-refractivity contribution is 0.173. The Morgan fingerprint density at radius 1 is 1.60 bits per heavy atom. The SMILES string of the molecule is C=CCO/N=C(\C)C1Cc2ccccc21. The maximum atomic E-state index is 5.09. The largest absolute Gasteiger partial charge is 0.392 e. The van der Waals surface area contributed by atoms with Crippen LogP contribution in [0, 0.1) is 0 Å². The average molecular weight is 201 g/mol. The van der Waals surface area contributed by atoms with Crippen LogP contribution < -0.4 is 0 Å². The van der Waals surface area contributed by atoms with Gasteiger partial charge in [0.1, 0.15) is 6.61 Å². The van der Waals surface area contributed by atoms with Crippen LogP contribution in [0.5, 0.6) is 0 Å². The van der Waals surface area contributed by atoms with Crippen LogP contribution in [0.15, 0.2) is 42.1 Å². The number of fused-ring (bicyclic) bond motifs is 1. The van der Waals surface area contributed by atoms with E-state index in [2.05, 4.69) is 36.0 Å². The fraction of sp³-hybridized carbons (Fsp3) is 0.308. The van der Waals surface area contributed by atoms with Crippen LogP contribution in [0.1, 0.15) is 24.0 Å². The zero-order chi connectivity index (χ0) is 10.7. The second-order valence-corrected chi connectivity index (χ2v) is 3.77. The predicted molar refractivity (Wildman–Crippen MR) is 62.1 cm³/mol. The summed E-state index contributed by atoms with van der Waals surface area (Å²) in [7, 11) is 0. The second kappa shape index (κ2) is 4.30. The quantitative estimate of drug-likeness (QED) is 0.318. The maximum absolute atomic E-state index is 5.09. The first-order chi connectivity index (χ1) is 7.33. The van der Waals surface area contributed by atoms with Crippen LogP contribution in [-0.4, -0.2) is 12.3 Å². The van der Waals surface area contributed by atoms with Gasteiger partial charge >= 0.3 is 0 Å². The summed E-state index contributed by atoms with van der Waals surface area (Å²) in [6.45, 7) is 6.07. The van der Waals surface area contributed by atoms with Gasteiger partial charge in [-0.15, -0.1) is 0 Å². The molecule has 0 bridgehead atoms. The fourth-order valence-electron chi connectivity index (χ4n) is 1.89. The van der Waals surface area contributed by atoms with E-state index < -0.39 is 0 Å². The van der Waals surface area contributed by atoms with Gasteiger partial charge in [-0.25, -0.2) is 0 Å². The van der Waals surface area contributed by atoms with Gasteiger partial charge < -0.3 is 4.84 Å². The van der Waals surface area contributed by atoms with Crippen LogP contribution in [0.3, 0.4) is 0 Å². The summed E-state index contributed by atoms with van der Waals surface area (Å²) in [4.78, 5) is 5.09. The predicted octanol–water partition coefficient (Wildman–Crippen LogP) is 2.90. The normalized spacial score (nSPS) is 19.0. The van der Waals surface area contributed by atoms with Gasteiger partial charge in [0.2, 0.25) is 0 Å². The van der Waals surface area contributed by atoms with Crippen molar-refractivity contribution >= 4 is 5.71 Å². The minimum absolute atomic E-state index is 0.450. The van der Waals surface area contributed by atoms with Crippen LogP contribution in [0.2, 0.25) is 0 Å². The molecule has 0 N–H and O–H groups in total. The van der Waals surface area contributed by atoms with E-state index in [-0.39, 0.29) is 0 Å². The Morgan fingerprint density at radius 3 is 3.13 bits per heavy atom. The average Bonchev–Trinajstić information content (AvgIpc) is 2.20. The Balaban J connectivity index is 2.03. The molecule has 0 amide bonds. The fourth-order valence-corrected chi connectivity index (χ4v) is 1.89. The summed E-state index contributed by atoms with van der Waals surface area (Å²) in [5, 5.41) is 4.08. The number of rotatable bonds is 4. The molecule has 0 saturated heterocycles. The Kier molecular flexibility index (Phi) is 2.86. The van der Waals surface area contributed by atoms with Crippen molar-refractivity contribution in [2.75, 3.05) is 6.61 Å². The van der Waals surface area contributed by atoms with Crippen LogP contribution in [0.25, 0.3) is 0 Å². The molecule has 0 radical (unpaired) electrons. The number of hydrogen-bond acceptors (Lipinski definition) is 2. The maximum Gasteiger partial charge on any atom is 0.135 e. The monoisotopic (exact) mass is 201 g/mol. The molecule has 1 aromatic carbocycles. The number of hydrogen-bond donors (Lipinski definition) is 0. The highest BCUT2D eigenvalue weighted by Crippen LogP contribution is 2.35. The molecule has 15 heavy (non-hydrogen) atoms. The molecule has 1 atom stereocenters. The molecule has 2 nitrogen and oxygen atoms in total. The number of nitrogens with zero attached hydrogens (tertiary/aromatic N) is 1. The van der Waals surface area contributed by atoms with Gasteiger partial charge in [-0.1, -0.05) is 42.1 Å². The van der Waals surface area contributed by atoms with E-state index in [9.17, 15) is 0 Å². The molecular formula is C13H15NO. The molecule has 78 valence electrons. The van der Waals surface area contributed by atoms with Crippen molar-refractivity contribution in [3.05, 3.63) is 48.0 Å². The van der Waals surface area contributed by atoms with E-state index in [1.54, 1.807) is 6.08 Å². The van der Waals surface area contributed by atoms with Crippen molar-refractivity contribution in [3.8, 4) is 0 Å². The molecule has 2 heteroatoms. The lowest BCUT2D eigenvalue weighted by atomic mass is 9.75. The third kappa shape index (κ3) is 1.94. The van der Waals surface area contributed by atoms with Crippen LogP contribution >= 0.6 is 0 Å². The lowest BCUT2D eigenvalue weighted by Crippen LogP contribution is -2.23. The van der Waals surface area contributed by atoms with Crippen molar-refractivity contribution < 1.29 is 4.84 Å². The van der Waals surface area contributed by atoms with Crippen molar-refractivity contribution in [1.29, 1.82) is 0 Å². The standard InChI is InChI=1S/C13H15NO/c1-3-8-15-14-10(2)13-9-11-6-4-5-7-12(11)13/h3-7,13H,1,8-9H2,2H3/b14-10+. The first kappa shape index (κ1) is 9.97. The third-order valence-electron chi connectivity index (χ3n) is 2.76. The smallest absolute Gasteiger partial charge is 0.135 e. The van der Waals surface area contributed by atoms with Gasteiger partial charge in [0.25, 0.3) is 0 Å². The zero-order valence-electron chi connectivity index (χ0n) is 8.94. The number of oxime groups is 1. The summed E-state index contributed by atoms with van der Waals surface area (Å²) < 4.78 is 0. The van der Waals surface area contributed by atoms with E-state index >= 15 is 0 Å². The van der Waals surface area contributed by atoms with Crippen LogP contribution in [-0.2, 0) is 11.3 Å². The highest BCUT2D eigenvalue weighted by Gasteiger charge is 2.27. The number of benzene rings is 1. The highest BCUT2D eigenvalue weighted by molar-refractivity contribution is 5.91. The molecule has 1 aliphatic rings. The van der Waals surface area contributed by atoms with E-state index in [1.165, 1.54) is 11.1 Å². The Labute approximate surface area is 90.3 Å². The minimum atomic E-state index is 0.450. The molecule has 0 aliphatic heterocycles. The lowest BCUT2D eigenvalue weighted by Gasteiger charge is -2.29. The third-order valence-corrected chi connectivity index (χ3v) is 2.76. The topological polar surface area (TPSA) is 21.6 Å². The zero-order valence-corrected chi connectivity index (χ0v) is 8.94. The first-order valence-corrected chi connectivity index (χ1v) is 5.18. The molecule has 2 rings (SSSR count). The molecule has 0 aromatic heterocycles. The van der Waals surface area contributed by atoms with Crippen molar-refractivity contribution in [3.63, 3.8) is 0 Å². The Bertz CT molecular complexity index is 395. The van der Waals surface area contributed by atoms with Crippen LogP contribution in [0.4, 0.5) is 0 Å². The van der Waals surface area contributed by atoms with Crippen molar-refractivity contribution in [2.24, 2.45) is 5.16 Å². The van der Waals surface area contributed by atoms with Gasteiger partial charge in [-0.05, 0) is 24.5 Å². The van der Waals surface area contributed by atoms with Gasteiger partial charge in [0.15, 0.2) is 0 Å². The van der Waals surface area contributed by atoms with E-state index in [0.29, 0.717) is 12.5 Å². The summed E-state index contributed by atoms with van der Waals surface area (Å²) in [5.74, 6) is 0.450. The Hall–Kier alpha value is -1.57. The molecule has 1 aliphatic carbocycles. The van der Waals surface area contributed by atoms with E-state index in [0.717, 1.165) is 12.1 Å². The Morgan fingerprint density at radius 2 is 2.40 bits per heavy atom. The molecular weight excluding hydrogens is 186 g/mol. The van der Waals surface area contributed by atoms with Crippen molar-refractivity contribution in [2.45, 2.75) is 19.3 Å². The molecule has 0 saturated carbocycles. The molecule has 0 heterocycles. The van der Waals surface area contributed by atoms with E-state index in [4.69, 9.17) is 4.84 Å². The summed E-state index contributed by atoms with van der Waals surface area (Å²) >= 11 is 0. The second-order valence-electron chi connectivity index (χ2n) is 3.77. The molecule has 0 fully saturated rings. The molecule has 1 aromatic rings. The molecule has 1 unspecified atom stereocenters. The van der Waals surface area contributed by atoms with Gasteiger partial charge in [0, 0.05) is 5.92 Å². The summed E-state index contributed by atoms with van der Waals surface area (Å²) in [6, 6.07) is 8.48. The van der Waals surface area contributed by atoms with E-state index in [1.807, 2.05) is 6.92 Å². The molecule has 0 spiro atoms. The highest BCUT2D eigenvalue weighted by atomic mass is 16.6. The van der Waals surface area contributed by atoms with Gasteiger partial charge in [-0.2, -0.15) is 0 Å². The van der Waals surface area contributed by atoms with Gasteiger partial charge in [0.05, 0.1) is 5.71 Å². The van der Waals surface area contributed by atoms with Crippen molar-refractivity contribution in [1.82, 2.24) is 0 Å². The summed E-state index contributed by atoms with van der Waals surface area (Å²) in [5.41, 5.74) is 3.87. The minimum Gasteiger partial charge on any atom is -0.392 e. The summed E-state index contributed by atoms with van der Waals surface area (Å²) in [6.07, 6.45) is 2.79.